The predicted octanol–water partition coefficient (Wildman–Crippen LogP) is 1.81. The maximum atomic E-state index is 10.8. The van der Waals surface area contributed by atoms with Crippen LogP contribution in [0.15, 0.2) is 30.5 Å². The van der Waals surface area contributed by atoms with E-state index < -0.39 is 12.2 Å². The molecule has 5 nitrogen and oxygen atoms in total. The number of aliphatic hydroxyl groups excluding tert-OH is 2. The van der Waals surface area contributed by atoms with Crippen molar-refractivity contribution < 1.29 is 15.0 Å². The number of halogens is 1. The van der Waals surface area contributed by atoms with Gasteiger partial charge in [-0.2, -0.15) is 0 Å². The summed E-state index contributed by atoms with van der Waals surface area (Å²) in [5, 5.41) is 24.8. The summed E-state index contributed by atoms with van der Waals surface area (Å²) >= 11 is 6.03. The molecule has 2 atom stereocenters. The van der Waals surface area contributed by atoms with Crippen LogP contribution < -0.4 is 5.32 Å². The third-order valence-electron chi connectivity index (χ3n) is 3.27. The number of aliphatic hydroxyl groups is 2. The van der Waals surface area contributed by atoms with Crippen LogP contribution in [0.3, 0.4) is 0 Å². The van der Waals surface area contributed by atoms with Crippen molar-refractivity contribution in [1.29, 1.82) is 0 Å². The van der Waals surface area contributed by atoms with Crippen LogP contribution in [0.4, 0.5) is 0 Å². The first kappa shape index (κ1) is 15.7. The number of carbonyl (C=O) groups is 1. The molecule has 0 fully saturated rings. The van der Waals surface area contributed by atoms with E-state index in [4.69, 9.17) is 11.6 Å². The maximum Gasteiger partial charge on any atom is 0.216 e. The number of carbonyl (C=O) groups excluding carboxylic acids is 1. The number of hydrogen-bond acceptors (Lipinski definition) is 4. The van der Waals surface area contributed by atoms with Crippen LogP contribution in [0.2, 0.25) is 5.15 Å². The highest BCUT2D eigenvalue weighted by Gasteiger charge is 2.21. The van der Waals surface area contributed by atoms with E-state index in [0.29, 0.717) is 17.3 Å². The maximum absolute atomic E-state index is 10.8. The minimum absolute atomic E-state index is 0.171. The Kier molecular flexibility index (Phi) is 5.12. The first-order valence-electron chi connectivity index (χ1n) is 6.64. The number of pyridine rings is 1. The van der Waals surface area contributed by atoms with Crippen molar-refractivity contribution >= 4 is 28.3 Å². The largest absolute Gasteiger partial charge is 0.390 e. The number of hydrogen-bond donors (Lipinski definition) is 3. The molecule has 0 aliphatic rings. The summed E-state index contributed by atoms with van der Waals surface area (Å²) in [6, 6.07) is 7.30. The lowest BCUT2D eigenvalue weighted by atomic mass is 9.98. The average Bonchev–Trinajstić information content (AvgIpc) is 2.47. The van der Waals surface area contributed by atoms with E-state index in [9.17, 15) is 15.0 Å². The topological polar surface area (TPSA) is 82.5 Å². The van der Waals surface area contributed by atoms with Gasteiger partial charge in [0, 0.05) is 30.6 Å². The van der Waals surface area contributed by atoms with Gasteiger partial charge in [0.25, 0.3) is 0 Å². The van der Waals surface area contributed by atoms with Crippen LogP contribution in [-0.2, 0) is 4.79 Å². The molecule has 0 saturated heterocycles. The van der Waals surface area contributed by atoms with Crippen molar-refractivity contribution in [2.75, 3.05) is 6.54 Å². The molecule has 1 amide bonds. The highest BCUT2D eigenvalue weighted by atomic mass is 35.5. The van der Waals surface area contributed by atoms with Gasteiger partial charge in [-0.15, -0.1) is 0 Å². The van der Waals surface area contributed by atoms with Crippen molar-refractivity contribution in [2.24, 2.45) is 0 Å². The lowest BCUT2D eigenvalue weighted by molar-refractivity contribution is -0.119. The summed E-state index contributed by atoms with van der Waals surface area (Å²) in [7, 11) is 0. The van der Waals surface area contributed by atoms with Crippen LogP contribution >= 0.6 is 11.6 Å². The molecule has 0 aliphatic heterocycles. The average molecular weight is 309 g/mol. The molecular weight excluding hydrogens is 292 g/mol. The second-order valence-electron chi connectivity index (χ2n) is 4.83. The van der Waals surface area contributed by atoms with Gasteiger partial charge >= 0.3 is 0 Å². The molecule has 0 spiro atoms. The summed E-state index contributed by atoms with van der Waals surface area (Å²) in [6.07, 6.45) is -0.370. The van der Waals surface area contributed by atoms with Gasteiger partial charge < -0.3 is 15.5 Å². The quantitative estimate of drug-likeness (QED) is 0.736. The van der Waals surface area contributed by atoms with Crippen molar-refractivity contribution in [3.05, 3.63) is 41.2 Å². The number of fused-ring (bicyclic) bond motifs is 1. The zero-order valence-electron chi connectivity index (χ0n) is 11.6. The van der Waals surface area contributed by atoms with Gasteiger partial charge in [0.2, 0.25) is 5.91 Å². The third kappa shape index (κ3) is 3.69. The first-order chi connectivity index (χ1) is 10.0. The molecule has 2 aromatic rings. The molecule has 1 heterocycles. The van der Waals surface area contributed by atoms with Gasteiger partial charge in [0.15, 0.2) is 0 Å². The summed E-state index contributed by atoms with van der Waals surface area (Å²) < 4.78 is 0. The number of benzene rings is 1. The number of amides is 1. The molecule has 3 N–H and O–H groups in total. The number of rotatable bonds is 5. The van der Waals surface area contributed by atoms with Gasteiger partial charge in [-0.1, -0.05) is 35.9 Å². The molecule has 1 aromatic heterocycles. The fraction of sp³-hybridized carbons (Fsp3) is 0.333. The monoisotopic (exact) mass is 308 g/mol. The Bertz CT molecular complexity index is 648. The van der Waals surface area contributed by atoms with Gasteiger partial charge in [0.05, 0.1) is 6.10 Å². The van der Waals surface area contributed by atoms with E-state index in [-0.39, 0.29) is 12.3 Å². The Morgan fingerprint density at radius 1 is 1.33 bits per heavy atom. The van der Waals surface area contributed by atoms with Crippen LogP contribution in [0.25, 0.3) is 10.8 Å². The minimum Gasteiger partial charge on any atom is -0.390 e. The molecule has 0 saturated carbocycles. The lowest BCUT2D eigenvalue weighted by Gasteiger charge is -2.19. The van der Waals surface area contributed by atoms with E-state index in [1.165, 1.54) is 13.1 Å². The number of nitrogens with zero attached hydrogens (tertiary/aromatic N) is 1. The Morgan fingerprint density at radius 2 is 2.00 bits per heavy atom. The SMILES string of the molecule is CC(=O)NCCC(O)C(O)c1cnc(Cl)c2ccccc12. The third-order valence-corrected chi connectivity index (χ3v) is 3.58. The van der Waals surface area contributed by atoms with E-state index in [0.717, 1.165) is 10.8 Å². The second kappa shape index (κ2) is 6.85. The van der Waals surface area contributed by atoms with Crippen LogP contribution in [0, 0.1) is 0 Å². The Labute approximate surface area is 127 Å². The highest BCUT2D eigenvalue weighted by molar-refractivity contribution is 6.34. The minimum atomic E-state index is -1.09. The van der Waals surface area contributed by atoms with Crippen molar-refractivity contribution in [3.8, 4) is 0 Å². The molecule has 0 bridgehead atoms. The zero-order valence-corrected chi connectivity index (χ0v) is 12.3. The zero-order chi connectivity index (χ0) is 15.4. The van der Waals surface area contributed by atoms with Crippen molar-refractivity contribution in [2.45, 2.75) is 25.6 Å². The van der Waals surface area contributed by atoms with Crippen molar-refractivity contribution in [3.63, 3.8) is 0 Å². The Balaban J connectivity index is 2.21. The molecular formula is C15H17ClN2O3. The summed E-state index contributed by atoms with van der Waals surface area (Å²) in [5.41, 5.74) is 0.519. The first-order valence-corrected chi connectivity index (χ1v) is 7.02. The molecule has 6 heteroatoms. The van der Waals surface area contributed by atoms with Crippen LogP contribution in [0.1, 0.15) is 25.0 Å². The smallest absolute Gasteiger partial charge is 0.216 e. The molecule has 1 aromatic carbocycles. The normalized spacial score (nSPS) is 13.9. The van der Waals surface area contributed by atoms with Gasteiger partial charge in [-0.3, -0.25) is 4.79 Å². The summed E-state index contributed by atoms with van der Waals surface area (Å²) in [6.45, 7) is 1.70. The lowest BCUT2D eigenvalue weighted by Crippen LogP contribution is -2.27. The fourth-order valence-electron chi connectivity index (χ4n) is 2.18. The van der Waals surface area contributed by atoms with Crippen molar-refractivity contribution in [1.82, 2.24) is 10.3 Å². The molecule has 0 aliphatic carbocycles. The number of nitrogens with one attached hydrogen (secondary N) is 1. The molecule has 2 unspecified atom stereocenters. The van der Waals surface area contributed by atoms with Crippen LogP contribution in [-0.4, -0.2) is 33.8 Å². The standard InChI is InChI=1S/C15H17ClN2O3/c1-9(19)17-7-6-13(20)14(21)12-8-18-15(16)11-5-3-2-4-10(11)12/h2-5,8,13-14,20-21H,6-7H2,1H3,(H,17,19). The molecule has 21 heavy (non-hydrogen) atoms. The summed E-state index contributed by atoms with van der Waals surface area (Å²) in [4.78, 5) is 14.8. The van der Waals surface area contributed by atoms with Gasteiger partial charge in [-0.25, -0.2) is 4.98 Å². The van der Waals surface area contributed by atoms with Crippen LogP contribution in [0.5, 0.6) is 0 Å². The molecule has 2 rings (SSSR count). The fourth-order valence-corrected chi connectivity index (χ4v) is 2.39. The van der Waals surface area contributed by atoms with Gasteiger partial charge in [-0.05, 0) is 11.8 Å². The Morgan fingerprint density at radius 3 is 2.67 bits per heavy atom. The predicted molar refractivity (Wildman–Crippen MR) is 81.0 cm³/mol. The second-order valence-corrected chi connectivity index (χ2v) is 5.19. The van der Waals surface area contributed by atoms with E-state index >= 15 is 0 Å². The van der Waals surface area contributed by atoms with E-state index in [1.54, 1.807) is 0 Å². The summed E-state index contributed by atoms with van der Waals surface area (Å²) in [5.74, 6) is -0.171. The number of aromatic nitrogens is 1. The van der Waals surface area contributed by atoms with Gasteiger partial charge in [0.1, 0.15) is 11.3 Å². The highest BCUT2D eigenvalue weighted by Crippen LogP contribution is 2.29. The molecule has 0 radical (unpaired) electrons. The van der Waals surface area contributed by atoms with E-state index in [2.05, 4.69) is 10.3 Å². The van der Waals surface area contributed by atoms with E-state index in [1.807, 2.05) is 24.3 Å². The Hall–Kier alpha value is -1.69. The molecule has 112 valence electrons.